The van der Waals surface area contributed by atoms with Gasteiger partial charge in [-0.25, -0.2) is 14.0 Å². The molecule has 6 nitrogen and oxygen atoms in total. The minimum Gasteiger partial charge on any atom is -0.324 e. The van der Waals surface area contributed by atoms with E-state index in [0.29, 0.717) is 43.4 Å². The number of benzene rings is 2. The van der Waals surface area contributed by atoms with Crippen molar-refractivity contribution in [2.45, 2.75) is 25.4 Å². The van der Waals surface area contributed by atoms with Crippen molar-refractivity contribution in [1.29, 1.82) is 0 Å². The van der Waals surface area contributed by atoms with Crippen LogP contribution in [0.5, 0.6) is 0 Å². The van der Waals surface area contributed by atoms with E-state index in [4.69, 9.17) is 11.6 Å². The largest absolute Gasteiger partial charge is 0.324 e. The highest BCUT2D eigenvalue weighted by Crippen LogP contribution is 2.23. The van der Waals surface area contributed by atoms with Crippen LogP contribution in [0.4, 0.5) is 19.7 Å². The standard InChI is InChI=1S/C22H24ClFN4O2/c23-17-3-7-19(8-4-17)25-21(29)26-11-9-20(10-12-26)28-14-13-27(22(28)30)15-16-1-5-18(24)6-2-16/h1-8,20H,9-15H2,(H,25,29). The summed E-state index contributed by atoms with van der Waals surface area (Å²) < 4.78 is 13.1. The summed E-state index contributed by atoms with van der Waals surface area (Å²) in [5.74, 6) is -0.278. The Hall–Kier alpha value is -2.80. The number of rotatable bonds is 4. The van der Waals surface area contributed by atoms with Crippen molar-refractivity contribution in [2.75, 3.05) is 31.5 Å². The van der Waals surface area contributed by atoms with Gasteiger partial charge in [-0.1, -0.05) is 23.7 Å². The summed E-state index contributed by atoms with van der Waals surface area (Å²) in [5, 5.41) is 3.51. The van der Waals surface area contributed by atoms with E-state index in [2.05, 4.69) is 5.32 Å². The van der Waals surface area contributed by atoms with Crippen LogP contribution >= 0.6 is 11.6 Å². The van der Waals surface area contributed by atoms with Gasteiger partial charge in [-0.05, 0) is 54.8 Å². The summed E-state index contributed by atoms with van der Waals surface area (Å²) >= 11 is 5.87. The summed E-state index contributed by atoms with van der Waals surface area (Å²) in [4.78, 5) is 30.8. The zero-order valence-electron chi connectivity index (χ0n) is 16.6. The van der Waals surface area contributed by atoms with Gasteiger partial charge in [0, 0.05) is 49.5 Å². The Kier molecular flexibility index (Phi) is 6.08. The maximum absolute atomic E-state index is 13.1. The molecular formula is C22H24ClFN4O2. The van der Waals surface area contributed by atoms with E-state index in [1.165, 1.54) is 12.1 Å². The molecule has 2 aromatic carbocycles. The summed E-state index contributed by atoms with van der Waals surface area (Å²) in [6, 6.07) is 13.3. The Bertz CT molecular complexity index is 898. The average Bonchev–Trinajstić information content (AvgIpc) is 3.11. The number of anilines is 1. The molecule has 0 bridgehead atoms. The molecule has 8 heteroatoms. The molecule has 0 radical (unpaired) electrons. The molecule has 4 rings (SSSR count). The first kappa shape index (κ1) is 20.5. The molecule has 0 atom stereocenters. The lowest BCUT2D eigenvalue weighted by atomic mass is 10.0. The first-order valence-electron chi connectivity index (χ1n) is 10.1. The third kappa shape index (κ3) is 4.67. The lowest BCUT2D eigenvalue weighted by molar-refractivity contribution is 0.139. The Morgan fingerprint density at radius 2 is 1.67 bits per heavy atom. The highest BCUT2D eigenvalue weighted by molar-refractivity contribution is 6.30. The van der Waals surface area contributed by atoms with Gasteiger partial charge in [0.2, 0.25) is 0 Å². The van der Waals surface area contributed by atoms with E-state index < -0.39 is 0 Å². The predicted octanol–water partition coefficient (Wildman–Crippen LogP) is 4.41. The maximum atomic E-state index is 13.1. The SMILES string of the molecule is O=C(Nc1ccc(Cl)cc1)N1CCC(N2CCN(Cc3ccc(F)cc3)C2=O)CC1. The summed E-state index contributed by atoms with van der Waals surface area (Å²) in [5.41, 5.74) is 1.62. The van der Waals surface area contributed by atoms with Crippen molar-refractivity contribution in [3.05, 3.63) is 64.9 Å². The fourth-order valence-electron chi connectivity index (χ4n) is 4.01. The van der Waals surface area contributed by atoms with Crippen LogP contribution in [0.3, 0.4) is 0 Å². The van der Waals surface area contributed by atoms with Crippen molar-refractivity contribution in [3.63, 3.8) is 0 Å². The lowest BCUT2D eigenvalue weighted by Gasteiger charge is -2.36. The number of nitrogens with zero attached hydrogens (tertiary/aromatic N) is 3. The van der Waals surface area contributed by atoms with E-state index in [1.807, 2.05) is 4.90 Å². The van der Waals surface area contributed by atoms with Crippen LogP contribution in [0.25, 0.3) is 0 Å². The number of hydrogen-bond donors (Lipinski definition) is 1. The third-order valence-corrected chi connectivity index (χ3v) is 5.95. The van der Waals surface area contributed by atoms with Gasteiger partial charge >= 0.3 is 12.1 Å². The molecule has 2 heterocycles. The summed E-state index contributed by atoms with van der Waals surface area (Å²) in [7, 11) is 0. The summed E-state index contributed by atoms with van der Waals surface area (Å²) in [6.45, 7) is 3.03. The first-order chi connectivity index (χ1) is 14.5. The second-order valence-corrected chi connectivity index (χ2v) is 8.12. The Labute approximate surface area is 180 Å². The maximum Gasteiger partial charge on any atom is 0.321 e. The van der Waals surface area contributed by atoms with Gasteiger partial charge < -0.3 is 20.0 Å². The van der Waals surface area contributed by atoms with Gasteiger partial charge in [-0.3, -0.25) is 0 Å². The minimum atomic E-state index is -0.278. The zero-order valence-corrected chi connectivity index (χ0v) is 17.3. The molecule has 2 aliphatic rings. The molecule has 0 unspecified atom stereocenters. The van der Waals surface area contributed by atoms with E-state index in [-0.39, 0.29) is 23.9 Å². The molecule has 30 heavy (non-hydrogen) atoms. The van der Waals surface area contributed by atoms with Gasteiger partial charge in [0.15, 0.2) is 0 Å². The molecule has 158 valence electrons. The molecule has 4 amide bonds. The predicted molar refractivity (Wildman–Crippen MR) is 114 cm³/mol. The topological polar surface area (TPSA) is 55.9 Å². The summed E-state index contributed by atoms with van der Waals surface area (Å²) in [6.07, 6.45) is 1.51. The van der Waals surface area contributed by atoms with Crippen molar-refractivity contribution in [1.82, 2.24) is 14.7 Å². The van der Waals surface area contributed by atoms with Gasteiger partial charge in [0.05, 0.1) is 0 Å². The Balaban J connectivity index is 1.27. The minimum absolute atomic E-state index is 0.0170. The molecule has 0 spiro atoms. The van der Waals surface area contributed by atoms with Gasteiger partial charge in [-0.15, -0.1) is 0 Å². The zero-order chi connectivity index (χ0) is 21.1. The van der Waals surface area contributed by atoms with Gasteiger partial charge in [-0.2, -0.15) is 0 Å². The van der Waals surface area contributed by atoms with Crippen LogP contribution in [-0.2, 0) is 6.54 Å². The number of hydrogen-bond acceptors (Lipinski definition) is 2. The first-order valence-corrected chi connectivity index (χ1v) is 10.5. The van der Waals surface area contributed by atoms with E-state index >= 15 is 0 Å². The van der Waals surface area contributed by atoms with Crippen LogP contribution in [0, 0.1) is 5.82 Å². The van der Waals surface area contributed by atoms with Crippen molar-refractivity contribution in [3.8, 4) is 0 Å². The molecule has 2 aromatic rings. The highest BCUT2D eigenvalue weighted by Gasteiger charge is 2.35. The number of urea groups is 2. The monoisotopic (exact) mass is 430 g/mol. The quantitative estimate of drug-likeness (QED) is 0.780. The van der Waals surface area contributed by atoms with Crippen molar-refractivity contribution >= 4 is 29.4 Å². The Morgan fingerprint density at radius 3 is 2.33 bits per heavy atom. The molecule has 0 saturated carbocycles. The fraction of sp³-hybridized carbons (Fsp3) is 0.364. The van der Waals surface area contributed by atoms with Crippen LogP contribution in [0.2, 0.25) is 5.02 Å². The number of amides is 4. The molecule has 2 aliphatic heterocycles. The number of carbonyl (C=O) groups excluding carboxylic acids is 2. The number of nitrogens with one attached hydrogen (secondary N) is 1. The number of piperidine rings is 1. The molecule has 2 fully saturated rings. The molecule has 0 aliphatic carbocycles. The van der Waals surface area contributed by atoms with Crippen LogP contribution in [-0.4, -0.2) is 59.0 Å². The van der Waals surface area contributed by atoms with E-state index in [0.717, 1.165) is 18.4 Å². The highest BCUT2D eigenvalue weighted by atomic mass is 35.5. The second-order valence-electron chi connectivity index (χ2n) is 7.68. The van der Waals surface area contributed by atoms with E-state index in [1.54, 1.807) is 46.2 Å². The van der Waals surface area contributed by atoms with E-state index in [9.17, 15) is 14.0 Å². The molecular weight excluding hydrogens is 407 g/mol. The molecule has 0 aromatic heterocycles. The van der Waals surface area contributed by atoms with Crippen LogP contribution < -0.4 is 5.32 Å². The second kappa shape index (κ2) is 8.92. The average molecular weight is 431 g/mol. The van der Waals surface area contributed by atoms with Crippen molar-refractivity contribution in [2.24, 2.45) is 0 Å². The number of halogens is 2. The number of likely N-dealkylation sites (tertiary alicyclic amines) is 1. The molecule has 1 N–H and O–H groups in total. The third-order valence-electron chi connectivity index (χ3n) is 5.70. The van der Waals surface area contributed by atoms with Crippen LogP contribution in [0.1, 0.15) is 18.4 Å². The smallest absolute Gasteiger partial charge is 0.321 e. The Morgan fingerprint density at radius 1 is 1.00 bits per heavy atom. The van der Waals surface area contributed by atoms with Crippen molar-refractivity contribution < 1.29 is 14.0 Å². The fourth-order valence-corrected chi connectivity index (χ4v) is 4.14. The molecule has 2 saturated heterocycles. The lowest BCUT2D eigenvalue weighted by Crippen LogP contribution is -2.49. The number of carbonyl (C=O) groups is 2. The normalized spacial score (nSPS) is 17.5. The van der Waals surface area contributed by atoms with Gasteiger partial charge in [0.1, 0.15) is 5.82 Å². The van der Waals surface area contributed by atoms with Crippen LogP contribution in [0.15, 0.2) is 48.5 Å². The van der Waals surface area contributed by atoms with Gasteiger partial charge in [0.25, 0.3) is 0 Å².